The molecule has 0 spiro atoms. The number of phenols is 3. The van der Waals surface area contributed by atoms with Crippen molar-refractivity contribution in [3.05, 3.63) is 147 Å². The van der Waals surface area contributed by atoms with Crippen LogP contribution in [0.4, 0.5) is 0 Å². The Morgan fingerprint density at radius 1 is 0.723 bits per heavy atom. The second-order valence-corrected chi connectivity index (χ2v) is 31.3. The van der Waals surface area contributed by atoms with Crippen molar-refractivity contribution in [2.24, 2.45) is 17.4 Å². The molecule has 2 fully saturated rings. The number of aromatic hydroxyl groups is 3. The van der Waals surface area contributed by atoms with Gasteiger partial charge in [0, 0.05) is 40.5 Å². The van der Waals surface area contributed by atoms with Gasteiger partial charge in [-0.2, -0.15) is 0 Å². The first-order chi connectivity index (χ1) is 53.1. The number of primary amides is 1. The monoisotopic (exact) mass is 1720 g/mol. The van der Waals surface area contributed by atoms with Gasteiger partial charge in [-0.25, -0.2) is 4.79 Å². The van der Waals surface area contributed by atoms with Crippen molar-refractivity contribution in [3.63, 3.8) is 0 Å². The summed E-state index contributed by atoms with van der Waals surface area (Å²) in [5.74, 6) is -16.1. The number of thioether (sulfide) groups is 1. The number of halogens is 3. The van der Waals surface area contributed by atoms with E-state index < -0.39 is 229 Å². The zero-order valence-electron chi connectivity index (χ0n) is 59.4. The molecule has 112 heavy (non-hydrogen) atoms. The van der Waals surface area contributed by atoms with Gasteiger partial charge in [-0.05, 0) is 115 Å². The fraction of sp³-hybridized carbons (Fsp3) is 0.370. The van der Waals surface area contributed by atoms with Crippen molar-refractivity contribution in [1.29, 1.82) is 0 Å². The van der Waals surface area contributed by atoms with Crippen LogP contribution in [0.3, 0.4) is 0 Å². The molecule has 20 N–H and O–H groups in total. The Balaban J connectivity index is 1.08. The number of carboxylic acids is 1. The molecule has 0 aliphatic carbocycles. The number of hydrogen-bond donors (Lipinski definition) is 18. The van der Waals surface area contributed by atoms with E-state index in [0.717, 1.165) is 78.5 Å². The molecule has 594 valence electrons. The number of carboxylic acid groups (broad SMARTS) is 1. The summed E-state index contributed by atoms with van der Waals surface area (Å²) in [6.07, 6.45) is -18.4. The van der Waals surface area contributed by atoms with E-state index in [2.05, 4.69) is 47.4 Å². The van der Waals surface area contributed by atoms with Gasteiger partial charge in [0.1, 0.15) is 93.0 Å². The van der Waals surface area contributed by atoms with Crippen LogP contribution in [0.1, 0.15) is 98.2 Å². The average molecular weight is 1720 g/mol. The summed E-state index contributed by atoms with van der Waals surface area (Å²) in [5.41, 5.74) is 10.1. The van der Waals surface area contributed by atoms with Crippen LogP contribution < -0.4 is 62.9 Å². The zero-order valence-corrected chi connectivity index (χ0v) is 63.8. The van der Waals surface area contributed by atoms with Crippen LogP contribution in [0.5, 0.6) is 46.0 Å². The predicted octanol–water partition coefficient (Wildman–Crippen LogP) is 3.33. The van der Waals surface area contributed by atoms with Gasteiger partial charge in [-0.1, -0.05) is 108 Å². The van der Waals surface area contributed by atoms with E-state index in [1.54, 1.807) is 30.3 Å². The fourth-order valence-corrected chi connectivity index (χ4v) is 15.5. The fourth-order valence-electron chi connectivity index (χ4n) is 13.3. The third-order valence-electron chi connectivity index (χ3n) is 19.1. The number of aliphatic hydroxyl groups is 5. The minimum absolute atomic E-state index is 0.0138. The smallest absolute Gasteiger partial charge is 0.330 e. The van der Waals surface area contributed by atoms with E-state index in [1.165, 1.54) is 26.1 Å². The van der Waals surface area contributed by atoms with Crippen molar-refractivity contribution in [1.82, 2.24) is 47.4 Å². The highest BCUT2D eigenvalue weighted by Crippen LogP contribution is 2.50. The normalized spacial score (nSPS) is 27.7. The molecule has 35 nitrogen and oxygen atoms in total. The number of rotatable bonds is 16. The molecular weight excluding hydrogens is 1640 g/mol. The van der Waals surface area contributed by atoms with Crippen molar-refractivity contribution >= 4 is 105 Å². The number of amides is 7. The van der Waals surface area contributed by atoms with Gasteiger partial charge < -0.3 is 127 Å². The summed E-state index contributed by atoms with van der Waals surface area (Å²) < 4.78 is 44.2. The van der Waals surface area contributed by atoms with Gasteiger partial charge in [-0.15, -0.1) is 10.2 Å². The number of aliphatic hydroxyl groups excluding tert-OH is 5. The number of carbonyl (C=O) groups is 8. The highest BCUT2D eigenvalue weighted by atomic mass is 127. The molecule has 1 aromatic heterocycles. The molecule has 6 aromatic carbocycles. The Morgan fingerprint density at radius 3 is 1.98 bits per heavy atom. The lowest BCUT2D eigenvalue weighted by Gasteiger charge is -2.46. The van der Waals surface area contributed by atoms with Crippen LogP contribution in [-0.4, -0.2) is 193 Å². The summed E-state index contributed by atoms with van der Waals surface area (Å²) in [6, 6.07) is 8.19. The Hall–Kier alpha value is -9.72. The quantitative estimate of drug-likeness (QED) is 0.0285. The SMILES string of the molecule is CN[C@@H](CC(C)C)C(=O)NC1C(=O)NC(CC(N)=O)C(=O)NC2C(=O)NC3C(=O)N[C@H](C(=O)NC(C(=O)O)c4cc(O)cc(O)c4-c4cc3ccc4O)[C@H](O)c3ccc(c(Cl)c3)Oc3cc2cc(c3OC2OC(CSc3nnc(-c4ccccc4)o3)C(O)C(O)C2OC2CC(N)(I)C(O)C(C)O2)Oc2ccc(cc2Cl)C1O. The maximum Gasteiger partial charge on any atom is 0.330 e. The average Bonchev–Trinajstić information content (AvgIpc) is 0.766. The molecule has 39 heteroatoms. The van der Waals surface area contributed by atoms with Gasteiger partial charge in [-0.3, -0.25) is 33.6 Å². The van der Waals surface area contributed by atoms with Crippen LogP contribution in [0, 0.1) is 5.92 Å². The zero-order chi connectivity index (χ0) is 80.6. The number of aromatic nitrogens is 2. The van der Waals surface area contributed by atoms with Crippen molar-refractivity contribution in [2.45, 2.75) is 153 Å². The van der Waals surface area contributed by atoms with Crippen molar-refractivity contribution in [3.8, 4) is 68.6 Å². The van der Waals surface area contributed by atoms with E-state index in [-0.39, 0.29) is 63.1 Å². The number of nitrogens with two attached hydrogens (primary N) is 2. The molecule has 7 aliphatic heterocycles. The standard InChI is InChI=1S/C73H76Cl2IN11O24S/c1-27(2)16-39(79-4)63(97)84-54-56(92)31-11-14-43(37(74)18-31)106-45-20-33-21-46(60(45)110-71-61(109-49-25-73(76,78)62(96)28(3)105-49)59(95)58(94)47(108-71)26-112-72-87-86-69(111-72)29-8-6-5-7-9-29)107-44-15-12-32(19-38(44)75)57(93)55-68(102)83-53(70(103)104)36-22-34(88)23-42(90)50(36)35-17-30(10-13-41(35)89)51(65(99)85-55)82-66(100)52(33)81-64(98)40(24-48(77)91)80-67(54)101/h5-15,17-23,27-28,39-40,47,49,51-59,61-62,71,79,88-90,92-96H,16,24-26,78H2,1-4H3,(H2,77,91)(H,80,101)(H,81,98)(H,82,100)(H,83,102)(H,84,97)(H,85,99)(H,103,104)/t28?,39-,40?,47?,49?,51?,52?,53?,54?,55-,56?,57+,58?,59?,61?,62?,71?,73?/m0/s1. The molecule has 0 radical (unpaired) electrons. The first kappa shape index (κ1) is 81.8. The third kappa shape index (κ3) is 17.7. The first-order valence-corrected chi connectivity index (χ1v) is 37.5. The maximum atomic E-state index is 16.2. The minimum Gasteiger partial charge on any atom is -0.508 e. The molecular formula is C73H76Cl2IN11O24S. The molecule has 7 aromatic rings. The summed E-state index contributed by atoms with van der Waals surface area (Å²) >= 11 is 17.0. The molecule has 0 saturated carbocycles. The number of nitrogens with zero attached hydrogens (tertiary/aromatic N) is 2. The van der Waals surface area contributed by atoms with Crippen LogP contribution in [-0.2, 0) is 52.6 Å². The lowest BCUT2D eigenvalue weighted by Crippen LogP contribution is -2.63. The summed E-state index contributed by atoms with van der Waals surface area (Å²) in [7, 11) is 1.48. The number of likely N-dealkylation sites (N-methyl/N-ethyl adjacent to an activating group) is 1. The number of aliphatic carboxylic acids is 1. The first-order valence-electron chi connectivity index (χ1n) is 34.7. The Bertz CT molecular complexity index is 4800. The Labute approximate surface area is 663 Å². The maximum absolute atomic E-state index is 16.2. The third-order valence-corrected chi connectivity index (χ3v) is 21.7. The molecule has 8 heterocycles. The molecule has 14 rings (SSSR count). The topological polar surface area (TPSA) is 549 Å². The van der Waals surface area contributed by atoms with Crippen LogP contribution >= 0.6 is 57.6 Å². The molecule has 18 atom stereocenters. The van der Waals surface area contributed by atoms with Gasteiger partial charge in [0.2, 0.25) is 59.3 Å². The predicted molar refractivity (Wildman–Crippen MR) is 401 cm³/mol. The van der Waals surface area contributed by atoms with E-state index in [4.69, 9.17) is 67.5 Å². The number of benzene rings is 6. The largest absolute Gasteiger partial charge is 0.508 e. The lowest BCUT2D eigenvalue weighted by atomic mass is 9.89. The van der Waals surface area contributed by atoms with Crippen LogP contribution in [0.25, 0.3) is 22.6 Å². The molecule has 11 bridgehead atoms. The lowest BCUT2D eigenvalue weighted by molar-refractivity contribution is -0.325. The number of fused-ring (bicyclic) bond motifs is 15. The minimum atomic E-state index is -2.36. The van der Waals surface area contributed by atoms with Crippen LogP contribution in [0.2, 0.25) is 10.0 Å². The highest BCUT2D eigenvalue weighted by Gasteiger charge is 2.52. The van der Waals surface area contributed by atoms with Gasteiger partial charge in [0.25, 0.3) is 5.22 Å². The molecule has 7 aliphatic rings. The summed E-state index contributed by atoms with van der Waals surface area (Å²) in [6.45, 7) is 5.15. The summed E-state index contributed by atoms with van der Waals surface area (Å²) in [4.78, 5) is 118. The van der Waals surface area contributed by atoms with Gasteiger partial charge in [0.15, 0.2) is 29.9 Å². The van der Waals surface area contributed by atoms with E-state index in [1.807, 2.05) is 36.4 Å². The van der Waals surface area contributed by atoms with Crippen LogP contribution in [0.15, 0.2) is 119 Å². The number of alkyl halides is 1. The van der Waals surface area contributed by atoms with E-state index >= 15 is 14.4 Å². The van der Waals surface area contributed by atoms with Gasteiger partial charge >= 0.3 is 5.97 Å². The molecule has 7 amide bonds. The van der Waals surface area contributed by atoms with E-state index in [0.29, 0.717) is 5.56 Å². The van der Waals surface area contributed by atoms with Crippen molar-refractivity contribution < 1.29 is 117 Å². The second-order valence-electron chi connectivity index (χ2n) is 27.5. The summed E-state index contributed by atoms with van der Waals surface area (Å²) in [5, 5.41) is 130. The number of ether oxygens (including phenoxy) is 6. The number of carbonyl (C=O) groups excluding carboxylic acids is 7. The number of nitrogens with one attached hydrogen (secondary N) is 7. The molecule has 2 saturated heterocycles. The highest BCUT2D eigenvalue weighted by molar-refractivity contribution is 14.1. The van der Waals surface area contributed by atoms with Crippen molar-refractivity contribution in [2.75, 3.05) is 12.8 Å². The Morgan fingerprint density at radius 2 is 1.36 bits per heavy atom. The second kappa shape index (κ2) is 33.9. The Kier molecular flexibility index (Phi) is 24.8. The van der Waals surface area contributed by atoms with E-state index in [9.17, 15) is 69.9 Å². The number of hydrogen-bond acceptors (Lipinski definition) is 28. The molecule has 15 unspecified atom stereocenters. The van der Waals surface area contributed by atoms with Gasteiger partial charge in [0.05, 0.1) is 34.7 Å². The number of phenolic OH excluding ortho intramolecular Hbond substituents is 3.